The lowest BCUT2D eigenvalue weighted by molar-refractivity contribution is -0.0148. The molecule has 1 fully saturated rings. The Bertz CT molecular complexity index is 960. The van der Waals surface area contributed by atoms with Gasteiger partial charge in [-0.05, 0) is 104 Å². The molecule has 1 atom stereocenters. The largest absolute Gasteiger partial charge is 0.347 e. The average Bonchev–Trinajstić information content (AvgIpc) is 3.51. The summed E-state index contributed by atoms with van der Waals surface area (Å²) in [6.07, 6.45) is 6.39. The summed E-state index contributed by atoms with van der Waals surface area (Å²) in [6, 6.07) is 16.2. The van der Waals surface area contributed by atoms with Crippen LogP contribution >= 0.6 is 23.5 Å². The monoisotopic (exact) mass is 562 g/mol. The highest BCUT2D eigenvalue weighted by Crippen LogP contribution is 2.55. The van der Waals surface area contributed by atoms with E-state index in [1.165, 1.54) is 16.2 Å². The lowest BCUT2D eigenvalue weighted by atomic mass is 9.91. The maximum atomic E-state index is 12.5. The van der Waals surface area contributed by atoms with Crippen LogP contribution in [0.5, 0.6) is 0 Å². The second-order valence-electron chi connectivity index (χ2n) is 10.3. The molecule has 38 heavy (non-hydrogen) atoms. The van der Waals surface area contributed by atoms with Gasteiger partial charge in [-0.1, -0.05) is 38.1 Å². The number of carbonyl (C=O) groups excluding carboxylic acids is 1. The third-order valence-electron chi connectivity index (χ3n) is 6.83. The van der Waals surface area contributed by atoms with Gasteiger partial charge in [0.05, 0.1) is 5.54 Å². The second-order valence-corrected chi connectivity index (χ2v) is 12.1. The SMILES string of the molecule is CCCN(C)C(C)(C)C(=O)c1ccc(SC)cc1.CCCNC.COC1(c2ccc(SC)cc2)OC1(C)C. The number of epoxide rings is 1. The molecule has 5 nitrogen and oxygen atoms in total. The number of benzene rings is 2. The summed E-state index contributed by atoms with van der Waals surface area (Å²) in [5.41, 5.74) is 1.22. The maximum absolute atomic E-state index is 12.5. The summed E-state index contributed by atoms with van der Waals surface area (Å²) >= 11 is 3.42. The van der Waals surface area contributed by atoms with Crippen molar-refractivity contribution in [3.8, 4) is 0 Å². The van der Waals surface area contributed by atoms with E-state index in [1.807, 2.05) is 72.3 Å². The van der Waals surface area contributed by atoms with Crippen molar-refractivity contribution in [3.63, 3.8) is 0 Å². The molecule has 1 aliphatic heterocycles. The van der Waals surface area contributed by atoms with Crippen LogP contribution in [-0.2, 0) is 15.3 Å². The van der Waals surface area contributed by atoms with E-state index in [4.69, 9.17) is 9.47 Å². The first-order chi connectivity index (χ1) is 17.9. The van der Waals surface area contributed by atoms with Gasteiger partial charge in [0.15, 0.2) is 5.78 Å². The van der Waals surface area contributed by atoms with Crippen molar-refractivity contribution in [1.29, 1.82) is 0 Å². The molecular weight excluding hydrogens is 512 g/mol. The normalized spacial score (nSPS) is 17.7. The van der Waals surface area contributed by atoms with E-state index in [-0.39, 0.29) is 11.4 Å². The standard InChI is InChI=1S/C15H23NOS.C12H16O2S.C4H11N/c1-6-11-16(4)15(2,3)14(17)12-7-9-13(18-5)10-8-12;1-11(2)12(13-3,14-11)9-5-7-10(15-4)8-6-9;1-3-4-5-2/h7-10H,6,11H2,1-5H3;5-8H,1-4H3;5H,3-4H2,1-2H3. The number of ether oxygens (including phenoxy) is 2. The van der Waals surface area contributed by atoms with E-state index in [0.717, 1.165) is 30.6 Å². The number of hydrogen-bond donors (Lipinski definition) is 1. The Balaban J connectivity index is 0.000000326. The molecule has 0 amide bonds. The van der Waals surface area contributed by atoms with Gasteiger partial charge >= 0.3 is 0 Å². The first kappa shape index (κ1) is 34.7. The Kier molecular flexibility index (Phi) is 14.6. The number of nitrogens with one attached hydrogen (secondary N) is 1. The van der Waals surface area contributed by atoms with Gasteiger partial charge in [-0.15, -0.1) is 23.5 Å². The van der Waals surface area contributed by atoms with E-state index < -0.39 is 11.3 Å². The predicted molar refractivity (Wildman–Crippen MR) is 166 cm³/mol. The molecule has 2 aromatic rings. The van der Waals surface area contributed by atoms with Crippen LogP contribution in [0.4, 0.5) is 0 Å². The minimum atomic E-state index is -0.538. The van der Waals surface area contributed by atoms with E-state index in [0.29, 0.717) is 0 Å². The quantitative estimate of drug-likeness (QED) is 0.175. The number of likely N-dealkylation sites (N-methyl/N-ethyl adjacent to an activating group) is 1. The number of carbonyl (C=O) groups is 1. The molecule has 214 valence electrons. The van der Waals surface area contributed by atoms with Crippen molar-refractivity contribution in [1.82, 2.24) is 10.2 Å². The highest BCUT2D eigenvalue weighted by Gasteiger charge is 2.66. The fourth-order valence-electron chi connectivity index (χ4n) is 4.09. The fraction of sp³-hybridized carbons (Fsp3) is 0.581. The molecule has 2 aromatic carbocycles. The lowest BCUT2D eigenvalue weighted by Crippen LogP contribution is -2.48. The van der Waals surface area contributed by atoms with Gasteiger partial charge in [0, 0.05) is 28.0 Å². The minimum Gasteiger partial charge on any atom is -0.347 e. The number of Topliss-reactive ketones (excluding diaryl/α,β-unsaturated/α-hetero) is 1. The van der Waals surface area contributed by atoms with Crippen molar-refractivity contribution in [2.45, 2.75) is 81.1 Å². The zero-order valence-electron chi connectivity index (χ0n) is 25.4. The van der Waals surface area contributed by atoms with Crippen LogP contribution in [0, 0.1) is 0 Å². The van der Waals surface area contributed by atoms with Crippen molar-refractivity contribution >= 4 is 29.3 Å². The Morgan fingerprint density at radius 1 is 0.974 bits per heavy atom. The van der Waals surface area contributed by atoms with Gasteiger partial charge in [-0.2, -0.15) is 0 Å². The fourth-order valence-corrected chi connectivity index (χ4v) is 4.91. The zero-order chi connectivity index (χ0) is 29.0. The van der Waals surface area contributed by atoms with Crippen molar-refractivity contribution in [2.24, 2.45) is 0 Å². The van der Waals surface area contributed by atoms with Crippen LogP contribution in [0.1, 0.15) is 70.3 Å². The van der Waals surface area contributed by atoms with Crippen LogP contribution < -0.4 is 5.32 Å². The molecule has 3 rings (SSSR count). The number of rotatable bonds is 11. The topological polar surface area (TPSA) is 54.1 Å². The third kappa shape index (κ3) is 9.10. The van der Waals surface area contributed by atoms with Gasteiger partial charge < -0.3 is 14.8 Å². The zero-order valence-corrected chi connectivity index (χ0v) is 27.1. The van der Waals surface area contributed by atoms with Gasteiger partial charge in [-0.25, -0.2) is 0 Å². The summed E-state index contributed by atoms with van der Waals surface area (Å²) in [5.74, 6) is -0.352. The molecule has 1 N–H and O–H groups in total. The molecule has 1 aliphatic rings. The van der Waals surface area contributed by atoms with Crippen LogP contribution in [0.15, 0.2) is 58.3 Å². The Hall–Kier alpha value is -1.35. The summed E-state index contributed by atoms with van der Waals surface area (Å²) in [6.45, 7) is 14.4. The van der Waals surface area contributed by atoms with E-state index >= 15 is 0 Å². The third-order valence-corrected chi connectivity index (χ3v) is 8.32. The van der Waals surface area contributed by atoms with E-state index in [2.05, 4.69) is 54.6 Å². The first-order valence-corrected chi connectivity index (χ1v) is 15.8. The molecule has 1 heterocycles. The number of hydrogen-bond acceptors (Lipinski definition) is 7. The minimum absolute atomic E-state index is 0.186. The van der Waals surface area contributed by atoms with Crippen LogP contribution in [0.3, 0.4) is 0 Å². The van der Waals surface area contributed by atoms with Gasteiger partial charge in [0.1, 0.15) is 5.60 Å². The van der Waals surface area contributed by atoms with E-state index in [9.17, 15) is 4.79 Å². The summed E-state index contributed by atoms with van der Waals surface area (Å²) in [5, 5.41) is 3.02. The Morgan fingerprint density at radius 2 is 1.45 bits per heavy atom. The second kappa shape index (κ2) is 16.0. The van der Waals surface area contributed by atoms with Crippen LogP contribution in [0.2, 0.25) is 0 Å². The number of nitrogens with zero attached hydrogens (tertiary/aromatic N) is 1. The molecule has 0 radical (unpaired) electrons. The summed E-state index contributed by atoms with van der Waals surface area (Å²) in [7, 11) is 5.67. The van der Waals surface area contributed by atoms with Gasteiger partial charge in [0.25, 0.3) is 0 Å². The lowest BCUT2D eigenvalue weighted by Gasteiger charge is -2.34. The highest BCUT2D eigenvalue weighted by atomic mass is 32.2. The van der Waals surface area contributed by atoms with E-state index in [1.54, 1.807) is 30.6 Å². The highest BCUT2D eigenvalue weighted by molar-refractivity contribution is 7.98. The molecule has 0 bridgehead atoms. The molecule has 0 aliphatic carbocycles. The van der Waals surface area contributed by atoms with Crippen LogP contribution in [-0.4, -0.2) is 68.6 Å². The van der Waals surface area contributed by atoms with Crippen molar-refractivity contribution < 1.29 is 14.3 Å². The smallest absolute Gasteiger partial charge is 0.225 e. The van der Waals surface area contributed by atoms with Gasteiger partial charge in [0.2, 0.25) is 5.79 Å². The predicted octanol–water partition coefficient (Wildman–Crippen LogP) is 7.34. The number of methoxy groups -OCH3 is 1. The van der Waals surface area contributed by atoms with Crippen LogP contribution in [0.25, 0.3) is 0 Å². The van der Waals surface area contributed by atoms with Crippen molar-refractivity contribution in [2.75, 3.05) is 46.8 Å². The molecule has 0 aromatic heterocycles. The van der Waals surface area contributed by atoms with Crippen molar-refractivity contribution in [3.05, 3.63) is 59.7 Å². The Labute approximate surface area is 240 Å². The molecule has 1 unspecified atom stereocenters. The molecule has 7 heteroatoms. The summed E-state index contributed by atoms with van der Waals surface area (Å²) < 4.78 is 11.2. The molecule has 0 saturated carbocycles. The number of ketones is 1. The van der Waals surface area contributed by atoms with Gasteiger partial charge in [-0.3, -0.25) is 9.69 Å². The number of thioether (sulfide) groups is 2. The molecular formula is C31H50N2O3S2. The maximum Gasteiger partial charge on any atom is 0.225 e. The first-order valence-electron chi connectivity index (χ1n) is 13.3. The molecule has 1 saturated heterocycles. The average molecular weight is 563 g/mol. The molecule has 0 spiro atoms. The Morgan fingerprint density at radius 3 is 1.76 bits per heavy atom. The summed E-state index contributed by atoms with van der Waals surface area (Å²) in [4.78, 5) is 17.1.